The number of nitrogens with one attached hydrogen (secondary N) is 1. The Balaban J connectivity index is 2.63. The van der Waals surface area contributed by atoms with Gasteiger partial charge in [-0.05, 0) is 24.0 Å². The molecule has 0 atom stereocenters. The number of hydrogen-bond donors (Lipinski definition) is 3. The van der Waals surface area contributed by atoms with E-state index in [0.717, 1.165) is 11.3 Å². The molecule has 0 bridgehead atoms. The van der Waals surface area contributed by atoms with Crippen molar-refractivity contribution in [1.82, 2.24) is 4.90 Å². The van der Waals surface area contributed by atoms with E-state index in [-0.39, 0.29) is 25.7 Å². The van der Waals surface area contributed by atoms with Crippen molar-refractivity contribution in [3.05, 3.63) is 29.8 Å². The van der Waals surface area contributed by atoms with Crippen LogP contribution in [-0.4, -0.2) is 53.9 Å². The van der Waals surface area contributed by atoms with Crippen LogP contribution in [-0.2, 0) is 4.79 Å². The quantitative estimate of drug-likeness (QED) is 0.644. The Hall–Kier alpha value is -1.43. The number of aliphatic hydroxyl groups is 2. The fourth-order valence-corrected chi connectivity index (χ4v) is 2.21. The number of aliphatic hydroxyl groups excluding tert-OH is 2. The molecule has 1 rings (SSSR count). The van der Waals surface area contributed by atoms with Crippen LogP contribution < -0.4 is 5.32 Å². The fourth-order valence-electron chi connectivity index (χ4n) is 2.21. The third-order valence-electron chi connectivity index (χ3n) is 3.27. The van der Waals surface area contributed by atoms with Gasteiger partial charge in [-0.15, -0.1) is 0 Å². The maximum atomic E-state index is 12.1. The van der Waals surface area contributed by atoms with Gasteiger partial charge in [0.15, 0.2) is 0 Å². The van der Waals surface area contributed by atoms with Crippen LogP contribution in [0.15, 0.2) is 24.3 Å². The highest BCUT2D eigenvalue weighted by Gasteiger charge is 2.12. The standard InChI is InChI=1S/C16H26N2O3/c1-13(2)14-6-3-4-7-15(14)17-16(21)12-18(9-11-20)8-5-10-19/h3-4,6-7,13,19-20H,5,8-12H2,1-2H3,(H,17,21). The fraction of sp³-hybridized carbons (Fsp3) is 0.562. The second-order valence-corrected chi connectivity index (χ2v) is 5.37. The Labute approximate surface area is 126 Å². The van der Waals surface area contributed by atoms with Gasteiger partial charge in [0.05, 0.1) is 13.2 Å². The van der Waals surface area contributed by atoms with E-state index in [0.29, 0.717) is 25.4 Å². The summed E-state index contributed by atoms with van der Waals surface area (Å²) in [5, 5.41) is 20.8. The van der Waals surface area contributed by atoms with Crippen LogP contribution in [0, 0.1) is 0 Å². The van der Waals surface area contributed by atoms with Crippen LogP contribution in [0.2, 0.25) is 0 Å². The van der Waals surface area contributed by atoms with Gasteiger partial charge in [-0.25, -0.2) is 0 Å². The maximum absolute atomic E-state index is 12.1. The molecule has 0 spiro atoms. The number of carbonyl (C=O) groups excluding carboxylic acids is 1. The largest absolute Gasteiger partial charge is 0.396 e. The Kier molecular flexibility index (Phi) is 7.97. The lowest BCUT2D eigenvalue weighted by Crippen LogP contribution is -2.36. The van der Waals surface area contributed by atoms with E-state index < -0.39 is 0 Å². The summed E-state index contributed by atoms with van der Waals surface area (Å²) in [5.74, 6) is 0.235. The van der Waals surface area contributed by atoms with E-state index in [9.17, 15) is 4.79 Å². The molecule has 1 aromatic carbocycles. The molecule has 0 heterocycles. The first-order valence-electron chi connectivity index (χ1n) is 7.41. The molecule has 0 fully saturated rings. The number of amides is 1. The predicted octanol–water partition coefficient (Wildman–Crippen LogP) is 1.43. The van der Waals surface area contributed by atoms with Gasteiger partial charge in [-0.2, -0.15) is 0 Å². The lowest BCUT2D eigenvalue weighted by molar-refractivity contribution is -0.117. The molecular formula is C16H26N2O3. The molecule has 0 aliphatic heterocycles. The minimum atomic E-state index is -0.102. The van der Waals surface area contributed by atoms with E-state index in [1.807, 2.05) is 29.2 Å². The van der Waals surface area contributed by atoms with Crippen molar-refractivity contribution in [1.29, 1.82) is 0 Å². The molecule has 118 valence electrons. The Bertz CT molecular complexity index is 435. The first-order valence-corrected chi connectivity index (χ1v) is 7.41. The van der Waals surface area contributed by atoms with Crippen LogP contribution in [0.25, 0.3) is 0 Å². The Morgan fingerprint density at radius 2 is 1.90 bits per heavy atom. The summed E-state index contributed by atoms with van der Waals surface area (Å²) in [6.07, 6.45) is 0.593. The van der Waals surface area contributed by atoms with Crippen molar-refractivity contribution < 1.29 is 15.0 Å². The molecule has 1 amide bonds. The lowest BCUT2D eigenvalue weighted by atomic mass is 10.0. The van der Waals surface area contributed by atoms with Crippen molar-refractivity contribution >= 4 is 11.6 Å². The summed E-state index contributed by atoms with van der Waals surface area (Å²) in [6, 6.07) is 7.78. The van der Waals surface area contributed by atoms with Gasteiger partial charge in [0.2, 0.25) is 5.91 Å². The number of benzene rings is 1. The third kappa shape index (κ3) is 6.25. The molecule has 0 saturated carbocycles. The number of hydrogen-bond acceptors (Lipinski definition) is 4. The summed E-state index contributed by atoms with van der Waals surface area (Å²) in [5.41, 5.74) is 1.94. The monoisotopic (exact) mass is 294 g/mol. The zero-order valence-corrected chi connectivity index (χ0v) is 12.9. The second kappa shape index (κ2) is 9.50. The molecule has 21 heavy (non-hydrogen) atoms. The van der Waals surface area contributed by atoms with E-state index in [1.54, 1.807) is 0 Å². The zero-order chi connectivity index (χ0) is 15.7. The number of carbonyl (C=O) groups is 1. The van der Waals surface area contributed by atoms with E-state index in [2.05, 4.69) is 19.2 Å². The average molecular weight is 294 g/mol. The zero-order valence-electron chi connectivity index (χ0n) is 12.9. The highest BCUT2D eigenvalue weighted by molar-refractivity contribution is 5.93. The highest BCUT2D eigenvalue weighted by atomic mass is 16.3. The molecule has 0 saturated heterocycles. The van der Waals surface area contributed by atoms with Crippen molar-refractivity contribution in [3.63, 3.8) is 0 Å². The van der Waals surface area contributed by atoms with Crippen LogP contribution in [0.3, 0.4) is 0 Å². The summed E-state index contributed by atoms with van der Waals surface area (Å²) in [6.45, 7) is 5.50. The van der Waals surface area contributed by atoms with Gasteiger partial charge >= 0.3 is 0 Å². The molecule has 0 aliphatic carbocycles. The molecule has 0 aromatic heterocycles. The van der Waals surface area contributed by atoms with E-state index >= 15 is 0 Å². The second-order valence-electron chi connectivity index (χ2n) is 5.37. The van der Waals surface area contributed by atoms with Crippen molar-refractivity contribution in [2.45, 2.75) is 26.2 Å². The molecule has 0 radical (unpaired) electrons. The Morgan fingerprint density at radius 1 is 1.19 bits per heavy atom. The van der Waals surface area contributed by atoms with Crippen LogP contribution in [0.1, 0.15) is 31.7 Å². The van der Waals surface area contributed by atoms with Crippen LogP contribution in [0.5, 0.6) is 0 Å². The Morgan fingerprint density at radius 3 is 2.52 bits per heavy atom. The van der Waals surface area contributed by atoms with Crippen molar-refractivity contribution in [2.24, 2.45) is 0 Å². The van der Waals surface area contributed by atoms with Gasteiger partial charge in [-0.1, -0.05) is 32.0 Å². The van der Waals surface area contributed by atoms with Gasteiger partial charge in [0.25, 0.3) is 0 Å². The first kappa shape index (κ1) is 17.6. The number of para-hydroxylation sites is 1. The molecular weight excluding hydrogens is 268 g/mol. The molecule has 5 nitrogen and oxygen atoms in total. The van der Waals surface area contributed by atoms with Gasteiger partial charge in [-0.3, -0.25) is 9.69 Å². The molecule has 5 heteroatoms. The van der Waals surface area contributed by atoms with Gasteiger partial charge < -0.3 is 15.5 Å². The molecule has 0 aliphatic rings. The summed E-state index contributed by atoms with van der Waals surface area (Å²) in [4.78, 5) is 14.0. The number of rotatable bonds is 9. The SMILES string of the molecule is CC(C)c1ccccc1NC(=O)CN(CCO)CCCO. The summed E-state index contributed by atoms with van der Waals surface area (Å²) in [7, 11) is 0. The summed E-state index contributed by atoms with van der Waals surface area (Å²) < 4.78 is 0. The van der Waals surface area contributed by atoms with E-state index in [4.69, 9.17) is 10.2 Å². The van der Waals surface area contributed by atoms with Gasteiger partial charge in [0.1, 0.15) is 0 Å². The normalized spacial score (nSPS) is 11.1. The van der Waals surface area contributed by atoms with Crippen LogP contribution in [0.4, 0.5) is 5.69 Å². The molecule has 1 aromatic rings. The third-order valence-corrected chi connectivity index (χ3v) is 3.27. The molecule has 3 N–H and O–H groups in total. The molecule has 0 unspecified atom stereocenters. The number of nitrogens with zero attached hydrogens (tertiary/aromatic N) is 1. The lowest BCUT2D eigenvalue weighted by Gasteiger charge is -2.21. The predicted molar refractivity (Wildman–Crippen MR) is 84.4 cm³/mol. The minimum Gasteiger partial charge on any atom is -0.396 e. The van der Waals surface area contributed by atoms with Gasteiger partial charge in [0, 0.05) is 25.4 Å². The van der Waals surface area contributed by atoms with Crippen molar-refractivity contribution in [2.75, 3.05) is 38.2 Å². The van der Waals surface area contributed by atoms with E-state index in [1.165, 1.54) is 0 Å². The minimum absolute atomic E-state index is 0.00128. The highest BCUT2D eigenvalue weighted by Crippen LogP contribution is 2.23. The smallest absolute Gasteiger partial charge is 0.238 e. The van der Waals surface area contributed by atoms with Crippen molar-refractivity contribution in [3.8, 4) is 0 Å². The number of anilines is 1. The summed E-state index contributed by atoms with van der Waals surface area (Å²) >= 11 is 0. The van der Waals surface area contributed by atoms with Crippen LogP contribution >= 0.6 is 0 Å². The average Bonchev–Trinajstić information content (AvgIpc) is 2.45. The topological polar surface area (TPSA) is 72.8 Å². The first-order chi connectivity index (χ1) is 10.1. The maximum Gasteiger partial charge on any atom is 0.238 e.